The predicted octanol–water partition coefficient (Wildman–Crippen LogP) is 7.85. The Morgan fingerprint density at radius 1 is 0.833 bits per heavy atom. The fourth-order valence-corrected chi connectivity index (χ4v) is 6.48. The van der Waals surface area contributed by atoms with Gasteiger partial charge in [0.25, 0.3) is 0 Å². The highest BCUT2D eigenvalue weighted by atomic mass is 31.1. The van der Waals surface area contributed by atoms with E-state index in [1.165, 1.54) is 27.6 Å². The molecule has 0 heterocycles. The molecule has 4 aromatic carbocycles. The Balaban J connectivity index is 1.78. The summed E-state index contributed by atoms with van der Waals surface area (Å²) in [4.78, 5) is 0. The van der Waals surface area contributed by atoms with Crippen LogP contribution in [0.15, 0.2) is 97.1 Å². The van der Waals surface area contributed by atoms with E-state index in [2.05, 4.69) is 106 Å². The minimum absolute atomic E-state index is 0.130. The number of rotatable bonds is 10. The van der Waals surface area contributed by atoms with Gasteiger partial charge in [-0.05, 0) is 53.4 Å². The van der Waals surface area contributed by atoms with Crippen molar-refractivity contribution < 1.29 is 9.84 Å². The molecule has 0 radical (unpaired) electrons. The molecule has 186 valence electrons. The molecule has 0 aliphatic carbocycles. The van der Waals surface area contributed by atoms with Gasteiger partial charge in [0.2, 0.25) is 0 Å². The van der Waals surface area contributed by atoms with Crippen LogP contribution in [-0.2, 0) is 18.2 Å². The summed E-state index contributed by atoms with van der Waals surface area (Å²) in [5.74, 6) is 0.995. The lowest BCUT2D eigenvalue weighted by Crippen LogP contribution is -2.23. The SMILES string of the molecule is CCC(C)(Pc1c(C)cccc1C(C)O)c1cccc(Cc2ccccc2)c1OCc1ccccc1. The number of aliphatic hydroxyl groups is 1. The van der Waals surface area contributed by atoms with E-state index in [1.54, 1.807) is 0 Å². The van der Waals surface area contributed by atoms with Gasteiger partial charge in [-0.1, -0.05) is 119 Å². The molecule has 0 fully saturated rings. The number of ether oxygens (including phenoxy) is 1. The van der Waals surface area contributed by atoms with Gasteiger partial charge in [0.15, 0.2) is 0 Å². The van der Waals surface area contributed by atoms with Gasteiger partial charge in [0, 0.05) is 17.1 Å². The van der Waals surface area contributed by atoms with Gasteiger partial charge in [-0.15, -0.1) is 0 Å². The number of benzene rings is 4. The Labute approximate surface area is 218 Å². The Kier molecular flexibility index (Phi) is 8.62. The normalized spacial score (nSPS) is 14.0. The van der Waals surface area contributed by atoms with Crippen molar-refractivity contribution in [2.75, 3.05) is 0 Å². The number of aliphatic hydroxyl groups excluding tert-OH is 1. The summed E-state index contributed by atoms with van der Waals surface area (Å²) >= 11 is 0. The van der Waals surface area contributed by atoms with Crippen LogP contribution < -0.4 is 10.0 Å². The number of hydrogen-bond donors (Lipinski definition) is 1. The van der Waals surface area contributed by atoms with E-state index in [4.69, 9.17) is 4.74 Å². The van der Waals surface area contributed by atoms with Crippen molar-refractivity contribution in [3.05, 3.63) is 130 Å². The van der Waals surface area contributed by atoms with E-state index in [1.807, 2.05) is 19.1 Å². The first-order valence-corrected chi connectivity index (χ1v) is 13.8. The van der Waals surface area contributed by atoms with Gasteiger partial charge in [0.1, 0.15) is 12.4 Å². The highest BCUT2D eigenvalue weighted by Crippen LogP contribution is 2.49. The Hall–Kier alpha value is -2.93. The van der Waals surface area contributed by atoms with Crippen molar-refractivity contribution >= 4 is 13.9 Å². The zero-order chi connectivity index (χ0) is 25.5. The van der Waals surface area contributed by atoms with Crippen LogP contribution in [0.3, 0.4) is 0 Å². The van der Waals surface area contributed by atoms with Gasteiger partial charge in [0.05, 0.1) is 6.10 Å². The standard InChI is InChI=1S/C33H37O2P/c1-5-33(4,36-32-24(2)14-12-20-29(32)25(3)34)30-21-13-19-28(22-26-15-8-6-9-16-26)31(30)35-23-27-17-10-7-11-18-27/h6-21,25,34,36H,5,22-23H2,1-4H3. The van der Waals surface area contributed by atoms with E-state index in [0.29, 0.717) is 15.2 Å². The third-order valence-corrected chi connectivity index (χ3v) is 9.13. The van der Waals surface area contributed by atoms with Crippen molar-refractivity contribution in [2.24, 2.45) is 0 Å². The molecular weight excluding hydrogens is 459 g/mol. The molecule has 3 atom stereocenters. The Morgan fingerprint density at radius 2 is 1.47 bits per heavy atom. The lowest BCUT2D eigenvalue weighted by Gasteiger charge is -2.33. The second-order valence-corrected chi connectivity index (χ2v) is 11.6. The maximum Gasteiger partial charge on any atom is 0.127 e. The second kappa shape index (κ2) is 11.9. The molecule has 3 unspecified atom stereocenters. The second-order valence-electron chi connectivity index (χ2n) is 9.76. The van der Waals surface area contributed by atoms with Crippen LogP contribution in [0, 0.1) is 6.92 Å². The molecule has 4 rings (SSSR count). The van der Waals surface area contributed by atoms with Gasteiger partial charge < -0.3 is 9.84 Å². The topological polar surface area (TPSA) is 29.5 Å². The van der Waals surface area contributed by atoms with E-state index >= 15 is 0 Å². The smallest absolute Gasteiger partial charge is 0.127 e. The molecule has 2 nitrogen and oxygen atoms in total. The fraction of sp³-hybridized carbons (Fsp3) is 0.273. The first-order chi connectivity index (χ1) is 17.4. The van der Waals surface area contributed by atoms with Crippen LogP contribution >= 0.6 is 8.58 Å². The summed E-state index contributed by atoms with van der Waals surface area (Å²) in [6, 6.07) is 33.9. The Bertz CT molecular complexity index is 1270. The zero-order valence-electron chi connectivity index (χ0n) is 21.8. The number of hydrogen-bond acceptors (Lipinski definition) is 2. The monoisotopic (exact) mass is 496 g/mol. The minimum Gasteiger partial charge on any atom is -0.488 e. The number of aryl methyl sites for hydroxylation is 1. The third kappa shape index (κ3) is 6.06. The lowest BCUT2D eigenvalue weighted by atomic mass is 9.92. The van der Waals surface area contributed by atoms with Crippen molar-refractivity contribution in [1.29, 1.82) is 0 Å². The van der Waals surface area contributed by atoms with Crippen LogP contribution in [-0.4, -0.2) is 5.11 Å². The lowest BCUT2D eigenvalue weighted by molar-refractivity contribution is 0.200. The highest BCUT2D eigenvalue weighted by Gasteiger charge is 2.31. The fourth-order valence-electron chi connectivity index (χ4n) is 4.71. The summed E-state index contributed by atoms with van der Waals surface area (Å²) in [5.41, 5.74) is 7.15. The molecule has 1 N–H and O–H groups in total. The maximum absolute atomic E-state index is 10.5. The molecule has 0 aliphatic rings. The van der Waals surface area contributed by atoms with Gasteiger partial charge in [-0.3, -0.25) is 0 Å². The molecule has 0 aliphatic heterocycles. The zero-order valence-corrected chi connectivity index (χ0v) is 22.8. The molecule has 0 amide bonds. The van der Waals surface area contributed by atoms with Crippen LogP contribution in [0.4, 0.5) is 0 Å². The summed E-state index contributed by atoms with van der Waals surface area (Å²) in [5, 5.41) is 11.7. The molecule has 0 aromatic heterocycles. The van der Waals surface area contributed by atoms with E-state index < -0.39 is 6.10 Å². The van der Waals surface area contributed by atoms with Crippen LogP contribution in [0.25, 0.3) is 0 Å². The maximum atomic E-state index is 10.5. The van der Waals surface area contributed by atoms with Gasteiger partial charge in [-0.2, -0.15) is 0 Å². The van der Waals surface area contributed by atoms with E-state index in [-0.39, 0.29) is 5.16 Å². The van der Waals surface area contributed by atoms with E-state index in [0.717, 1.165) is 29.7 Å². The summed E-state index contributed by atoms with van der Waals surface area (Å²) < 4.78 is 6.68. The summed E-state index contributed by atoms with van der Waals surface area (Å²) in [6.45, 7) is 9.16. The number of para-hydroxylation sites is 1. The first kappa shape index (κ1) is 26.1. The molecule has 0 spiro atoms. The predicted molar refractivity (Wildman–Crippen MR) is 154 cm³/mol. The van der Waals surface area contributed by atoms with Crippen molar-refractivity contribution in [2.45, 2.75) is 58.4 Å². The van der Waals surface area contributed by atoms with Crippen molar-refractivity contribution in [3.8, 4) is 5.75 Å². The Morgan fingerprint density at radius 3 is 2.11 bits per heavy atom. The minimum atomic E-state index is -0.494. The van der Waals surface area contributed by atoms with Gasteiger partial charge >= 0.3 is 0 Å². The quantitative estimate of drug-likeness (QED) is 0.227. The average Bonchev–Trinajstić information content (AvgIpc) is 2.90. The summed E-state index contributed by atoms with van der Waals surface area (Å²) in [6.07, 6.45) is 1.30. The molecule has 3 heteroatoms. The van der Waals surface area contributed by atoms with E-state index in [9.17, 15) is 5.11 Å². The molecular formula is C33H37O2P. The largest absolute Gasteiger partial charge is 0.488 e. The van der Waals surface area contributed by atoms with Crippen molar-refractivity contribution in [1.82, 2.24) is 0 Å². The molecule has 0 saturated heterocycles. The van der Waals surface area contributed by atoms with Crippen LogP contribution in [0.5, 0.6) is 5.75 Å². The third-order valence-electron chi connectivity index (χ3n) is 7.02. The molecule has 4 aromatic rings. The van der Waals surface area contributed by atoms with Gasteiger partial charge in [-0.25, -0.2) is 0 Å². The van der Waals surface area contributed by atoms with Crippen LogP contribution in [0.1, 0.15) is 66.7 Å². The highest BCUT2D eigenvalue weighted by molar-refractivity contribution is 7.48. The first-order valence-electron chi connectivity index (χ1n) is 12.8. The molecule has 0 saturated carbocycles. The molecule has 0 bridgehead atoms. The van der Waals surface area contributed by atoms with Crippen molar-refractivity contribution in [3.63, 3.8) is 0 Å². The molecule has 36 heavy (non-hydrogen) atoms. The summed E-state index contributed by atoms with van der Waals surface area (Å²) in [7, 11) is 0.508. The average molecular weight is 497 g/mol. The van der Waals surface area contributed by atoms with Crippen LogP contribution in [0.2, 0.25) is 0 Å².